The van der Waals surface area contributed by atoms with Gasteiger partial charge in [-0.2, -0.15) is 0 Å². The minimum atomic E-state index is 0.0117. The molecule has 3 rings (SSSR count). The molecule has 0 bridgehead atoms. The van der Waals surface area contributed by atoms with Gasteiger partial charge in [0.25, 0.3) is 0 Å². The number of nitrogens with zero attached hydrogens (tertiary/aromatic N) is 3. The molecule has 0 saturated heterocycles. The molecule has 0 spiro atoms. The number of phenols is 2. The zero-order valence-corrected chi connectivity index (χ0v) is 11.1. The molecule has 2 N–H and O–H groups in total. The van der Waals surface area contributed by atoms with Crippen LogP contribution in [0.25, 0.3) is 22.6 Å². The molecule has 0 aliphatic heterocycles. The van der Waals surface area contributed by atoms with Gasteiger partial charge in [0.2, 0.25) is 0 Å². The first-order chi connectivity index (χ1) is 9.72. The number of hydrogen-bond donors (Lipinski definition) is 2. The largest absolute Gasteiger partial charge is 0.507 e. The molecule has 20 heavy (non-hydrogen) atoms. The van der Waals surface area contributed by atoms with E-state index in [1.54, 1.807) is 12.3 Å². The van der Waals surface area contributed by atoms with Crippen LogP contribution >= 0.6 is 0 Å². The Morgan fingerprint density at radius 3 is 2.55 bits per heavy atom. The Morgan fingerprint density at radius 1 is 1.10 bits per heavy atom. The van der Waals surface area contributed by atoms with Gasteiger partial charge in [0.15, 0.2) is 5.65 Å². The van der Waals surface area contributed by atoms with Crippen molar-refractivity contribution in [3.63, 3.8) is 0 Å². The summed E-state index contributed by atoms with van der Waals surface area (Å²) in [6.45, 7) is 2.78. The minimum absolute atomic E-state index is 0.0117. The highest BCUT2D eigenvalue weighted by atomic mass is 16.3. The molecule has 0 saturated carbocycles. The van der Waals surface area contributed by atoms with Crippen LogP contribution in [0.3, 0.4) is 0 Å². The van der Waals surface area contributed by atoms with Crippen molar-refractivity contribution in [2.24, 2.45) is 0 Å². The van der Waals surface area contributed by atoms with Gasteiger partial charge >= 0.3 is 0 Å². The smallest absolute Gasteiger partial charge is 0.160 e. The SMILES string of the molecule is CCCn1c(-c2c(O)cccc2O)nc2cccnc21. The lowest BCUT2D eigenvalue weighted by molar-refractivity contribution is 0.452. The van der Waals surface area contributed by atoms with E-state index in [1.165, 1.54) is 12.1 Å². The summed E-state index contributed by atoms with van der Waals surface area (Å²) < 4.78 is 1.92. The normalized spacial score (nSPS) is 11.1. The van der Waals surface area contributed by atoms with E-state index < -0.39 is 0 Å². The topological polar surface area (TPSA) is 71.2 Å². The molecule has 0 amide bonds. The van der Waals surface area contributed by atoms with E-state index >= 15 is 0 Å². The average molecular weight is 269 g/mol. The summed E-state index contributed by atoms with van der Waals surface area (Å²) in [7, 11) is 0. The molecule has 5 heteroatoms. The Hall–Kier alpha value is -2.56. The molecule has 0 aliphatic carbocycles. The minimum Gasteiger partial charge on any atom is -0.507 e. The summed E-state index contributed by atoms with van der Waals surface area (Å²) in [4.78, 5) is 8.85. The standard InChI is InChI=1S/C15H15N3O2/c1-2-9-18-14-10(5-4-8-16-14)17-15(18)13-11(19)6-3-7-12(13)20/h3-8,19-20H,2,9H2,1H3. The fourth-order valence-electron chi connectivity index (χ4n) is 2.34. The van der Waals surface area contributed by atoms with Crippen molar-refractivity contribution in [2.45, 2.75) is 19.9 Å². The molecular formula is C15H15N3O2. The third kappa shape index (κ3) is 1.87. The number of benzene rings is 1. The summed E-state index contributed by atoms with van der Waals surface area (Å²) >= 11 is 0. The van der Waals surface area contributed by atoms with E-state index in [1.807, 2.05) is 16.7 Å². The van der Waals surface area contributed by atoms with Gasteiger partial charge in [0.05, 0.1) is 0 Å². The van der Waals surface area contributed by atoms with E-state index in [4.69, 9.17) is 0 Å². The molecule has 0 radical (unpaired) electrons. The van der Waals surface area contributed by atoms with Crippen molar-refractivity contribution in [3.05, 3.63) is 36.5 Å². The Bertz CT molecular complexity index is 745. The van der Waals surface area contributed by atoms with Crippen LogP contribution in [0.2, 0.25) is 0 Å². The maximum atomic E-state index is 10.0. The molecule has 5 nitrogen and oxygen atoms in total. The van der Waals surface area contributed by atoms with Crippen LogP contribution in [0.5, 0.6) is 11.5 Å². The summed E-state index contributed by atoms with van der Waals surface area (Å²) in [5.41, 5.74) is 1.85. The highest BCUT2D eigenvalue weighted by molar-refractivity contribution is 5.81. The predicted molar refractivity (Wildman–Crippen MR) is 76.6 cm³/mol. The van der Waals surface area contributed by atoms with Crippen LogP contribution in [-0.2, 0) is 6.54 Å². The van der Waals surface area contributed by atoms with Gasteiger partial charge in [0.1, 0.15) is 28.4 Å². The van der Waals surface area contributed by atoms with Crippen molar-refractivity contribution < 1.29 is 10.2 Å². The first-order valence-electron chi connectivity index (χ1n) is 6.55. The van der Waals surface area contributed by atoms with E-state index in [-0.39, 0.29) is 11.5 Å². The number of pyridine rings is 1. The molecule has 2 aromatic heterocycles. The summed E-state index contributed by atoms with van der Waals surface area (Å²) in [6.07, 6.45) is 2.62. The first kappa shape index (κ1) is 12.5. The molecular weight excluding hydrogens is 254 g/mol. The maximum absolute atomic E-state index is 10.0. The molecule has 1 aromatic carbocycles. The van der Waals surface area contributed by atoms with Gasteiger partial charge in [-0.25, -0.2) is 9.97 Å². The number of imidazole rings is 1. The van der Waals surface area contributed by atoms with Crippen LogP contribution in [0, 0.1) is 0 Å². The average Bonchev–Trinajstić information content (AvgIpc) is 2.78. The van der Waals surface area contributed by atoms with Crippen molar-refractivity contribution in [2.75, 3.05) is 0 Å². The van der Waals surface area contributed by atoms with Crippen LogP contribution < -0.4 is 0 Å². The second kappa shape index (κ2) is 4.85. The fraction of sp³-hybridized carbons (Fsp3) is 0.200. The summed E-state index contributed by atoms with van der Waals surface area (Å²) in [5.74, 6) is 0.562. The third-order valence-electron chi connectivity index (χ3n) is 3.20. The zero-order valence-electron chi connectivity index (χ0n) is 11.1. The van der Waals surface area contributed by atoms with E-state index in [0.29, 0.717) is 11.4 Å². The van der Waals surface area contributed by atoms with E-state index in [9.17, 15) is 10.2 Å². The van der Waals surface area contributed by atoms with Crippen LogP contribution in [0.1, 0.15) is 13.3 Å². The molecule has 0 aliphatic rings. The maximum Gasteiger partial charge on any atom is 0.160 e. The van der Waals surface area contributed by atoms with Crippen LogP contribution in [0.4, 0.5) is 0 Å². The van der Waals surface area contributed by atoms with E-state index in [0.717, 1.165) is 24.1 Å². The number of aromatic nitrogens is 3. The number of phenolic OH excluding ortho intramolecular Hbond substituents is 2. The molecule has 0 atom stereocenters. The van der Waals surface area contributed by atoms with Crippen LogP contribution in [0.15, 0.2) is 36.5 Å². The van der Waals surface area contributed by atoms with Gasteiger partial charge in [-0.05, 0) is 30.7 Å². The second-order valence-corrected chi connectivity index (χ2v) is 4.60. The van der Waals surface area contributed by atoms with Gasteiger partial charge < -0.3 is 14.8 Å². The number of aryl methyl sites for hydroxylation is 1. The highest BCUT2D eigenvalue weighted by Crippen LogP contribution is 2.37. The number of fused-ring (bicyclic) bond motifs is 1. The molecule has 0 unspecified atom stereocenters. The quantitative estimate of drug-likeness (QED) is 0.767. The Morgan fingerprint density at radius 2 is 1.85 bits per heavy atom. The molecule has 3 aromatic rings. The lowest BCUT2D eigenvalue weighted by Gasteiger charge is -2.09. The molecule has 0 fully saturated rings. The fourth-order valence-corrected chi connectivity index (χ4v) is 2.34. The highest BCUT2D eigenvalue weighted by Gasteiger charge is 2.18. The monoisotopic (exact) mass is 269 g/mol. The second-order valence-electron chi connectivity index (χ2n) is 4.60. The van der Waals surface area contributed by atoms with Crippen molar-refractivity contribution in [1.29, 1.82) is 0 Å². The number of aromatic hydroxyl groups is 2. The summed E-state index contributed by atoms with van der Waals surface area (Å²) in [5, 5.41) is 20.1. The third-order valence-corrected chi connectivity index (χ3v) is 3.20. The lowest BCUT2D eigenvalue weighted by Crippen LogP contribution is -2.01. The van der Waals surface area contributed by atoms with Crippen LogP contribution in [-0.4, -0.2) is 24.7 Å². The van der Waals surface area contributed by atoms with Gasteiger partial charge in [-0.3, -0.25) is 0 Å². The van der Waals surface area contributed by atoms with Crippen molar-refractivity contribution in [3.8, 4) is 22.9 Å². The van der Waals surface area contributed by atoms with Crippen molar-refractivity contribution in [1.82, 2.24) is 14.5 Å². The van der Waals surface area contributed by atoms with Gasteiger partial charge in [0, 0.05) is 12.7 Å². The van der Waals surface area contributed by atoms with Crippen molar-refractivity contribution >= 4 is 11.2 Å². The predicted octanol–water partition coefficient (Wildman–Crippen LogP) is 2.92. The van der Waals surface area contributed by atoms with Gasteiger partial charge in [-0.1, -0.05) is 13.0 Å². The summed E-state index contributed by atoms with van der Waals surface area (Å²) in [6, 6.07) is 8.37. The molecule has 2 heterocycles. The first-order valence-corrected chi connectivity index (χ1v) is 6.55. The Balaban J connectivity index is 2.33. The number of rotatable bonds is 3. The lowest BCUT2D eigenvalue weighted by atomic mass is 10.1. The Kier molecular flexibility index (Phi) is 3.02. The van der Waals surface area contributed by atoms with E-state index in [2.05, 4.69) is 16.9 Å². The Labute approximate surface area is 116 Å². The number of hydrogen-bond acceptors (Lipinski definition) is 4. The molecule has 102 valence electrons. The zero-order chi connectivity index (χ0) is 14.1. The van der Waals surface area contributed by atoms with Gasteiger partial charge in [-0.15, -0.1) is 0 Å².